The Kier molecular flexibility index (Phi) is 5.73. The lowest BCUT2D eigenvalue weighted by Crippen LogP contribution is -2.09. The van der Waals surface area contributed by atoms with Crippen LogP contribution in [0.15, 0.2) is 0 Å². The molecule has 0 spiro atoms. The summed E-state index contributed by atoms with van der Waals surface area (Å²) < 4.78 is 0. The van der Waals surface area contributed by atoms with Gasteiger partial charge in [-0.25, -0.2) is 4.89 Å². The largest absolute Gasteiger partial charge is 0.689 e. The summed E-state index contributed by atoms with van der Waals surface area (Å²) >= 11 is 0. The van der Waals surface area contributed by atoms with Crippen molar-refractivity contribution in [2.75, 3.05) is 0 Å². The average Bonchev–Trinajstić information content (AvgIpc) is 1.80. The molecule has 6 heteroatoms. The van der Waals surface area contributed by atoms with E-state index in [-0.39, 0.29) is 6.10 Å². The summed E-state index contributed by atoms with van der Waals surface area (Å²) in [6.07, 6.45) is -0.180. The Hall–Kier alpha value is -0.240. The van der Waals surface area contributed by atoms with E-state index in [1.54, 1.807) is 13.8 Å². The Morgan fingerprint density at radius 3 is 2.22 bits per heavy atom. The second-order valence-electron chi connectivity index (χ2n) is 1.42. The molecule has 0 bridgehead atoms. The van der Waals surface area contributed by atoms with Gasteiger partial charge in [-0.1, -0.05) is 0 Å². The summed E-state index contributed by atoms with van der Waals surface area (Å²) in [7, 11) is 0. The van der Waals surface area contributed by atoms with Gasteiger partial charge in [0, 0.05) is 0 Å². The summed E-state index contributed by atoms with van der Waals surface area (Å²) in [6.45, 7) is 3.39. The van der Waals surface area contributed by atoms with Gasteiger partial charge in [-0.05, 0) is 29.0 Å². The van der Waals surface area contributed by atoms with Crippen molar-refractivity contribution >= 4 is 0 Å². The lowest BCUT2D eigenvalue weighted by Gasteiger charge is -2.04. The Labute approximate surface area is 51.5 Å². The van der Waals surface area contributed by atoms with Crippen molar-refractivity contribution in [3.8, 4) is 0 Å². The third-order valence-corrected chi connectivity index (χ3v) is 0.315. The third kappa shape index (κ3) is 7.76. The van der Waals surface area contributed by atoms with Crippen molar-refractivity contribution in [1.82, 2.24) is 0 Å². The Morgan fingerprint density at radius 2 is 1.78 bits per heavy atom. The molecule has 0 aliphatic heterocycles. The van der Waals surface area contributed by atoms with Crippen LogP contribution in [0.3, 0.4) is 0 Å². The molecule has 0 saturated carbocycles. The molecule has 9 heavy (non-hydrogen) atoms. The molecule has 0 amide bonds. The molecule has 0 aromatic carbocycles. The molecule has 0 aromatic rings. The minimum atomic E-state index is -0.180. The zero-order valence-corrected chi connectivity index (χ0v) is 5.03. The number of hydrogen-bond donors (Lipinski definition) is 0. The summed E-state index contributed by atoms with van der Waals surface area (Å²) in [4.78, 5) is 4.28. The molecule has 0 radical (unpaired) electrons. The molecular formula is C3H7O6-. The molecule has 0 saturated heterocycles. The van der Waals surface area contributed by atoms with E-state index in [0.29, 0.717) is 0 Å². The van der Waals surface area contributed by atoms with Crippen molar-refractivity contribution in [2.24, 2.45) is 0 Å². The van der Waals surface area contributed by atoms with Crippen LogP contribution in [0.1, 0.15) is 13.8 Å². The predicted molar refractivity (Wildman–Crippen MR) is 20.6 cm³/mol. The second-order valence-corrected chi connectivity index (χ2v) is 1.42. The minimum Gasteiger partial charge on any atom is -0.689 e. The van der Waals surface area contributed by atoms with Gasteiger partial charge < -0.3 is 5.26 Å². The molecule has 0 atom stereocenters. The van der Waals surface area contributed by atoms with E-state index >= 15 is 0 Å². The van der Waals surface area contributed by atoms with Gasteiger partial charge in [0.15, 0.2) is 0 Å². The van der Waals surface area contributed by atoms with E-state index in [4.69, 9.17) is 5.26 Å². The molecule has 0 aliphatic carbocycles. The molecule has 0 heterocycles. The number of hydrogen-bond acceptors (Lipinski definition) is 6. The summed E-state index contributed by atoms with van der Waals surface area (Å²) in [6, 6.07) is 0. The predicted octanol–water partition coefficient (Wildman–Crippen LogP) is -0.587. The maximum Gasteiger partial charge on any atom is 0.0906 e. The van der Waals surface area contributed by atoms with Gasteiger partial charge in [0.25, 0.3) is 0 Å². The van der Waals surface area contributed by atoms with Crippen LogP contribution < -0.4 is 5.26 Å². The van der Waals surface area contributed by atoms with E-state index in [0.717, 1.165) is 0 Å². The Bertz CT molecular complexity index is 54.3. The summed E-state index contributed by atoms with van der Waals surface area (Å²) in [5, 5.41) is 22.3. The molecular weight excluding hydrogens is 132 g/mol. The molecule has 0 rings (SSSR count). The normalized spacial score (nSPS) is 10.7. The van der Waals surface area contributed by atoms with Gasteiger partial charge in [-0.3, -0.25) is 5.04 Å². The minimum absolute atomic E-state index is 0.180. The highest BCUT2D eigenvalue weighted by Gasteiger charge is 1.92. The monoisotopic (exact) mass is 139 g/mol. The Morgan fingerprint density at radius 1 is 1.11 bits per heavy atom. The summed E-state index contributed by atoms with van der Waals surface area (Å²) in [5.41, 5.74) is 0. The van der Waals surface area contributed by atoms with Crippen molar-refractivity contribution in [3.05, 3.63) is 0 Å². The zero-order chi connectivity index (χ0) is 7.11. The van der Waals surface area contributed by atoms with Crippen LogP contribution >= 0.6 is 0 Å². The van der Waals surface area contributed by atoms with Crippen LogP contribution in [0.2, 0.25) is 0 Å². The van der Waals surface area contributed by atoms with Crippen LogP contribution in [-0.2, 0) is 25.0 Å². The SMILES string of the molecule is CC(C)OOOOO[O-]. The van der Waals surface area contributed by atoms with Gasteiger partial charge in [0.2, 0.25) is 0 Å². The van der Waals surface area contributed by atoms with Gasteiger partial charge in [-0.2, -0.15) is 0 Å². The van der Waals surface area contributed by atoms with Crippen LogP contribution in [0.25, 0.3) is 0 Å². The van der Waals surface area contributed by atoms with Crippen LogP contribution in [0.5, 0.6) is 0 Å². The quantitative estimate of drug-likeness (QED) is 0.288. The van der Waals surface area contributed by atoms with E-state index < -0.39 is 0 Å². The van der Waals surface area contributed by atoms with E-state index in [1.807, 2.05) is 0 Å². The first-order valence-electron chi connectivity index (χ1n) is 2.22. The maximum atomic E-state index is 8.99. The van der Waals surface area contributed by atoms with Gasteiger partial charge in [-0.15, -0.1) is 0 Å². The molecule has 0 unspecified atom stereocenters. The number of rotatable bonds is 5. The lowest BCUT2D eigenvalue weighted by molar-refractivity contribution is -0.890. The summed E-state index contributed by atoms with van der Waals surface area (Å²) in [5.74, 6) is 0. The van der Waals surface area contributed by atoms with Gasteiger partial charge >= 0.3 is 0 Å². The topological polar surface area (TPSA) is 69.2 Å². The molecule has 56 valence electrons. The van der Waals surface area contributed by atoms with Crippen LogP contribution in [-0.4, -0.2) is 6.10 Å². The molecule has 0 fully saturated rings. The van der Waals surface area contributed by atoms with E-state index in [9.17, 15) is 0 Å². The lowest BCUT2D eigenvalue weighted by atomic mass is 10.5. The van der Waals surface area contributed by atoms with Crippen LogP contribution in [0, 0.1) is 0 Å². The zero-order valence-electron chi connectivity index (χ0n) is 5.03. The molecule has 0 N–H and O–H groups in total. The second kappa shape index (κ2) is 5.89. The standard InChI is InChI=1S/C3H8O6/c1-3(2)5-7-9-8-6-4/h3-4H,1-2H3/p-1. The molecule has 0 aromatic heterocycles. The van der Waals surface area contributed by atoms with Crippen molar-refractivity contribution in [3.63, 3.8) is 0 Å². The van der Waals surface area contributed by atoms with Crippen molar-refractivity contribution in [1.29, 1.82) is 0 Å². The van der Waals surface area contributed by atoms with Crippen LogP contribution in [0.4, 0.5) is 0 Å². The highest BCUT2D eigenvalue weighted by atomic mass is 17.8. The van der Waals surface area contributed by atoms with E-state index in [2.05, 4.69) is 25.0 Å². The van der Waals surface area contributed by atoms with E-state index in [1.165, 1.54) is 0 Å². The highest BCUT2D eigenvalue weighted by molar-refractivity contribution is 4.24. The fourth-order valence-electron chi connectivity index (χ4n) is 0.117. The highest BCUT2D eigenvalue weighted by Crippen LogP contribution is 1.89. The first kappa shape index (κ1) is 8.76. The smallest absolute Gasteiger partial charge is 0.0906 e. The first-order valence-corrected chi connectivity index (χ1v) is 2.22. The van der Waals surface area contributed by atoms with Gasteiger partial charge in [0.1, 0.15) is 0 Å². The average molecular weight is 139 g/mol. The fraction of sp³-hybridized carbons (Fsp3) is 1.00. The van der Waals surface area contributed by atoms with Crippen molar-refractivity contribution in [2.45, 2.75) is 20.0 Å². The maximum absolute atomic E-state index is 8.99. The van der Waals surface area contributed by atoms with Gasteiger partial charge in [0.05, 0.1) is 6.10 Å². The van der Waals surface area contributed by atoms with Crippen molar-refractivity contribution < 1.29 is 30.3 Å². The third-order valence-electron chi connectivity index (χ3n) is 0.315. The first-order chi connectivity index (χ1) is 4.27. The fourth-order valence-corrected chi connectivity index (χ4v) is 0.117. The Balaban J connectivity index is 2.75. The molecule has 0 aliphatic rings. The molecule has 6 nitrogen and oxygen atoms in total.